The molecule has 0 fully saturated rings. The Kier molecular flexibility index (Phi) is 366. The van der Waals surface area contributed by atoms with Crippen molar-refractivity contribution in [2.24, 2.45) is 0 Å². The Morgan fingerprint density at radius 2 is 0.429 bits per heavy atom. The van der Waals surface area contributed by atoms with E-state index in [4.69, 9.17) is 0 Å². The first-order valence-corrected chi connectivity index (χ1v) is 0. The van der Waals surface area contributed by atoms with Gasteiger partial charge in [-0.25, -0.2) is 0 Å². The Hall–Kier alpha value is 4.99. The fraction of sp³-hybridized carbons (Fsp3) is 0. The third-order valence-electron chi connectivity index (χ3n) is 0. The molecule has 0 aliphatic carbocycles. The summed E-state index contributed by atoms with van der Waals surface area (Å²) >= 11 is 0. The molecule has 0 saturated heterocycles. The fourth-order valence-electron chi connectivity index (χ4n) is 0. The summed E-state index contributed by atoms with van der Waals surface area (Å²) in [5.41, 5.74) is 0. The third-order valence-corrected chi connectivity index (χ3v) is 0. The van der Waals surface area contributed by atoms with Crippen LogP contribution in [-0.4, -0.2) is 17.6 Å². The molecule has 0 aliphatic heterocycles. The van der Waals surface area contributed by atoms with Crippen LogP contribution in [-0.2, 0) is 0 Å². The van der Waals surface area contributed by atoms with Crippen molar-refractivity contribution < 1.29 is 154 Å². The molecule has 0 aromatic carbocycles. The largest absolute Gasteiger partial charge is 4.00 e. The molecule has 7 heteroatoms. The van der Waals surface area contributed by atoms with Gasteiger partial charge in [0.2, 0.25) is 0 Å². The molecule has 0 rings (SSSR count). The molecule has 0 atom stereocenters. The zero-order chi connectivity index (χ0) is 0. The average Bonchev–Trinajstić information content (AvgIpc) is 0. The first-order chi connectivity index (χ1) is 0. The van der Waals surface area contributed by atoms with Crippen molar-refractivity contribution in [1.82, 2.24) is 0 Å². The Labute approximate surface area is 166 Å². The van der Waals surface area contributed by atoms with E-state index < -0.39 is 0 Å². The van der Waals surface area contributed by atoms with Crippen molar-refractivity contribution >= 4 is 17.6 Å². The van der Waals surface area contributed by atoms with Gasteiger partial charge in [-0.2, -0.15) is 0 Å². The molecular weight excluding hydrogens is 605 g/mol. The average molecular weight is 605 g/mol. The summed E-state index contributed by atoms with van der Waals surface area (Å²) in [4.78, 5) is 0. The SMILES string of the molecule is [Br-].[Br-].[Br-].[Br-].[Br-].[Cs+].[Ge+4]. The van der Waals surface area contributed by atoms with E-state index in [0.29, 0.717) is 0 Å². The monoisotopic (exact) mass is 601 g/mol. The molecule has 0 aromatic rings. The van der Waals surface area contributed by atoms with Gasteiger partial charge >= 0.3 is 86.5 Å². The molecule has 0 N–H and O–H groups in total. The Morgan fingerprint density at radius 3 is 0.429 bits per heavy atom. The normalized spacial score (nSPS) is 0. The van der Waals surface area contributed by atoms with Gasteiger partial charge in [0.1, 0.15) is 0 Å². The van der Waals surface area contributed by atoms with Crippen LogP contribution in [0.15, 0.2) is 0 Å². The van der Waals surface area contributed by atoms with Crippen LogP contribution < -0.4 is 154 Å². The van der Waals surface area contributed by atoms with E-state index in [1.54, 1.807) is 0 Å². The van der Waals surface area contributed by atoms with Gasteiger partial charge in [0.15, 0.2) is 0 Å². The van der Waals surface area contributed by atoms with Crippen LogP contribution >= 0.6 is 0 Å². The fourth-order valence-corrected chi connectivity index (χ4v) is 0. The van der Waals surface area contributed by atoms with Gasteiger partial charge in [0.25, 0.3) is 0 Å². The summed E-state index contributed by atoms with van der Waals surface area (Å²) in [6.45, 7) is 0. The van der Waals surface area contributed by atoms with Crippen LogP contribution in [0.4, 0.5) is 0 Å². The van der Waals surface area contributed by atoms with Crippen LogP contribution in [0.3, 0.4) is 0 Å². The molecule has 0 aromatic heterocycles. The molecule has 0 saturated carbocycles. The Balaban J connectivity index is 0. The first-order valence-electron chi connectivity index (χ1n) is 0. The zero-order valence-electron chi connectivity index (χ0n) is 3.39. The first kappa shape index (κ1) is 58.1. The molecule has 40 valence electrons. The van der Waals surface area contributed by atoms with Crippen LogP contribution in [0.2, 0.25) is 0 Å². The molecule has 0 bridgehead atoms. The van der Waals surface area contributed by atoms with Crippen molar-refractivity contribution in [2.75, 3.05) is 0 Å². The molecule has 0 spiro atoms. The smallest absolute Gasteiger partial charge is 1.00 e. The molecule has 0 unspecified atom stereocenters. The van der Waals surface area contributed by atoms with Crippen molar-refractivity contribution in [3.05, 3.63) is 0 Å². The molecule has 0 aliphatic rings. The summed E-state index contributed by atoms with van der Waals surface area (Å²) in [7, 11) is 0. The van der Waals surface area contributed by atoms with Crippen molar-refractivity contribution in [1.29, 1.82) is 0 Å². The third kappa shape index (κ3) is 35.7. The van der Waals surface area contributed by atoms with Gasteiger partial charge in [0, 0.05) is 0 Å². The van der Waals surface area contributed by atoms with E-state index in [9.17, 15) is 0 Å². The second-order valence-electron chi connectivity index (χ2n) is 0. The van der Waals surface area contributed by atoms with E-state index in [1.165, 1.54) is 0 Å². The zero-order valence-corrected chi connectivity index (χ0v) is 19.7. The molecule has 0 nitrogen and oxygen atoms in total. The van der Waals surface area contributed by atoms with Gasteiger partial charge in [-0.1, -0.05) is 0 Å². The van der Waals surface area contributed by atoms with E-state index in [1.807, 2.05) is 0 Å². The van der Waals surface area contributed by atoms with Crippen LogP contribution in [0.25, 0.3) is 0 Å². The van der Waals surface area contributed by atoms with E-state index in [2.05, 4.69) is 0 Å². The summed E-state index contributed by atoms with van der Waals surface area (Å²) in [6.07, 6.45) is 0. The maximum Gasteiger partial charge on any atom is 4.00 e. The quantitative estimate of drug-likeness (QED) is 0.241. The number of hydrogen-bond donors (Lipinski definition) is 0. The minimum absolute atomic E-state index is 0. The van der Waals surface area contributed by atoms with Gasteiger partial charge in [-0.15, -0.1) is 0 Å². The molecule has 7 heavy (non-hydrogen) atoms. The summed E-state index contributed by atoms with van der Waals surface area (Å²) in [5, 5.41) is 0. The number of rotatable bonds is 0. The van der Waals surface area contributed by atoms with Gasteiger partial charge in [-0.3, -0.25) is 0 Å². The minimum atomic E-state index is 0. The summed E-state index contributed by atoms with van der Waals surface area (Å²) in [5.74, 6) is 0. The molecule has 0 radical (unpaired) electrons. The van der Waals surface area contributed by atoms with E-state index >= 15 is 0 Å². The van der Waals surface area contributed by atoms with Crippen LogP contribution in [0, 0.1) is 0 Å². The van der Waals surface area contributed by atoms with Crippen LogP contribution in [0.5, 0.6) is 0 Å². The summed E-state index contributed by atoms with van der Waals surface area (Å²) in [6, 6.07) is 0. The maximum absolute atomic E-state index is 0. The molecule has 0 heterocycles. The van der Waals surface area contributed by atoms with Crippen molar-refractivity contribution in [3.63, 3.8) is 0 Å². The number of halogens is 5. The maximum atomic E-state index is 0. The predicted molar refractivity (Wildman–Crippen MR) is 5.75 cm³/mol. The standard InChI is InChI=1S/5BrH.Cs.Ge/h5*1H;;/q;;;;;+1;+4/p-5. The van der Waals surface area contributed by atoms with Crippen molar-refractivity contribution in [2.45, 2.75) is 0 Å². The molecule has 0 amide bonds. The topological polar surface area (TPSA) is 0 Å². The van der Waals surface area contributed by atoms with E-state index in [0.717, 1.165) is 0 Å². The number of hydrogen-bond acceptors (Lipinski definition) is 0. The second kappa shape index (κ2) is 44.0. The second-order valence-corrected chi connectivity index (χ2v) is 0. The van der Waals surface area contributed by atoms with Gasteiger partial charge in [-0.05, 0) is 0 Å². The summed E-state index contributed by atoms with van der Waals surface area (Å²) < 4.78 is 0. The van der Waals surface area contributed by atoms with Crippen molar-refractivity contribution in [3.8, 4) is 0 Å². The minimum Gasteiger partial charge on any atom is -1.00 e. The molecular formula is Br5CsGe. The van der Waals surface area contributed by atoms with Gasteiger partial charge < -0.3 is 84.9 Å². The Bertz CT molecular complexity index is 8.04. The van der Waals surface area contributed by atoms with E-state index in [-0.39, 0.29) is 171 Å². The Morgan fingerprint density at radius 1 is 0.429 bits per heavy atom. The van der Waals surface area contributed by atoms with Gasteiger partial charge in [0.05, 0.1) is 0 Å². The predicted octanol–water partition coefficient (Wildman–Crippen LogP) is -18.4. The van der Waals surface area contributed by atoms with Crippen LogP contribution in [0.1, 0.15) is 0 Å².